The Morgan fingerprint density at radius 2 is 2.05 bits per heavy atom. The molecule has 3 unspecified atom stereocenters. The lowest BCUT2D eigenvalue weighted by Crippen LogP contribution is -2.62. The van der Waals surface area contributed by atoms with Gasteiger partial charge < -0.3 is 15.5 Å². The third-order valence-corrected chi connectivity index (χ3v) is 4.00. The number of nitrogens with zero attached hydrogens (tertiary/aromatic N) is 2. The van der Waals surface area contributed by atoms with Gasteiger partial charge in [-0.15, -0.1) is 0 Å². The van der Waals surface area contributed by atoms with Crippen molar-refractivity contribution in [3.63, 3.8) is 0 Å². The van der Waals surface area contributed by atoms with Crippen LogP contribution in [0.5, 0.6) is 0 Å². The average molecular weight is 298 g/mol. The summed E-state index contributed by atoms with van der Waals surface area (Å²) in [6.45, 7) is 8.12. The van der Waals surface area contributed by atoms with Crippen LogP contribution in [0.25, 0.3) is 0 Å². The summed E-state index contributed by atoms with van der Waals surface area (Å²) in [6.07, 6.45) is 2.02. The normalized spacial score (nSPS) is 22.4. The van der Waals surface area contributed by atoms with E-state index in [-0.39, 0.29) is 29.9 Å². The SMILES string of the molecule is CCCC(C)NC(=O)C(C)N1CCNCC1C(=O)N(C)C. The fraction of sp³-hybridized carbons (Fsp3) is 0.867. The molecule has 0 spiro atoms. The van der Waals surface area contributed by atoms with Gasteiger partial charge in [-0.2, -0.15) is 0 Å². The predicted molar refractivity (Wildman–Crippen MR) is 84.0 cm³/mol. The molecule has 0 saturated carbocycles. The van der Waals surface area contributed by atoms with Gasteiger partial charge in [-0.3, -0.25) is 14.5 Å². The zero-order chi connectivity index (χ0) is 16.0. The van der Waals surface area contributed by atoms with E-state index in [1.54, 1.807) is 19.0 Å². The number of hydrogen-bond acceptors (Lipinski definition) is 4. The highest BCUT2D eigenvalue weighted by Gasteiger charge is 2.35. The molecule has 0 bridgehead atoms. The lowest BCUT2D eigenvalue weighted by atomic mass is 10.1. The Kier molecular flexibility index (Phi) is 7.11. The minimum atomic E-state index is -0.291. The molecule has 0 aliphatic carbocycles. The Morgan fingerprint density at radius 1 is 1.38 bits per heavy atom. The van der Waals surface area contributed by atoms with Crippen LogP contribution in [-0.4, -0.2) is 73.5 Å². The van der Waals surface area contributed by atoms with Crippen molar-refractivity contribution in [2.45, 2.75) is 51.7 Å². The van der Waals surface area contributed by atoms with Crippen LogP contribution < -0.4 is 10.6 Å². The summed E-state index contributed by atoms with van der Waals surface area (Å²) in [5.41, 5.74) is 0. The Bertz CT molecular complexity index is 360. The molecule has 1 rings (SSSR count). The molecule has 0 radical (unpaired) electrons. The Balaban J connectivity index is 2.70. The van der Waals surface area contributed by atoms with Gasteiger partial charge in [0.2, 0.25) is 11.8 Å². The smallest absolute Gasteiger partial charge is 0.240 e. The molecule has 1 heterocycles. The first-order chi connectivity index (χ1) is 9.88. The highest BCUT2D eigenvalue weighted by atomic mass is 16.2. The molecule has 6 heteroatoms. The second-order valence-electron chi connectivity index (χ2n) is 6.06. The molecule has 3 atom stereocenters. The van der Waals surface area contributed by atoms with Crippen LogP contribution in [0.15, 0.2) is 0 Å². The molecule has 1 aliphatic rings. The first-order valence-electron chi connectivity index (χ1n) is 7.86. The number of rotatable bonds is 6. The van der Waals surface area contributed by atoms with Gasteiger partial charge in [-0.25, -0.2) is 0 Å². The van der Waals surface area contributed by atoms with Gasteiger partial charge in [0.25, 0.3) is 0 Å². The number of carbonyl (C=O) groups excluding carboxylic acids is 2. The molecule has 122 valence electrons. The first kappa shape index (κ1) is 17.9. The third kappa shape index (κ3) is 4.97. The molecule has 2 N–H and O–H groups in total. The van der Waals surface area contributed by atoms with E-state index >= 15 is 0 Å². The summed E-state index contributed by atoms with van der Waals surface area (Å²) < 4.78 is 0. The van der Waals surface area contributed by atoms with Crippen molar-refractivity contribution in [1.29, 1.82) is 0 Å². The summed E-state index contributed by atoms with van der Waals surface area (Å²) in [5, 5.41) is 6.28. The van der Waals surface area contributed by atoms with Crippen LogP contribution in [0.3, 0.4) is 0 Å². The molecule has 1 aliphatic heterocycles. The van der Waals surface area contributed by atoms with E-state index in [4.69, 9.17) is 0 Å². The van der Waals surface area contributed by atoms with E-state index in [1.165, 1.54) is 0 Å². The van der Waals surface area contributed by atoms with E-state index in [2.05, 4.69) is 17.6 Å². The molecule has 6 nitrogen and oxygen atoms in total. The van der Waals surface area contributed by atoms with Crippen LogP contribution in [0, 0.1) is 0 Å². The predicted octanol–water partition coefficient (Wildman–Crippen LogP) is 0.0417. The van der Waals surface area contributed by atoms with E-state index < -0.39 is 0 Å². The minimum absolute atomic E-state index is 0.00871. The number of hydrogen-bond donors (Lipinski definition) is 2. The standard InChI is InChI=1S/C15H30N4O2/c1-6-7-11(2)17-14(20)12(3)19-9-8-16-10-13(19)15(21)18(4)5/h11-13,16H,6-10H2,1-5H3,(H,17,20). The number of likely N-dealkylation sites (N-methyl/N-ethyl adjacent to an activating group) is 1. The maximum atomic E-state index is 12.4. The van der Waals surface area contributed by atoms with E-state index in [0.717, 1.165) is 19.4 Å². The average Bonchev–Trinajstić information content (AvgIpc) is 2.45. The maximum Gasteiger partial charge on any atom is 0.240 e. The van der Waals surface area contributed by atoms with Crippen LogP contribution in [-0.2, 0) is 9.59 Å². The van der Waals surface area contributed by atoms with Gasteiger partial charge in [0.05, 0.1) is 6.04 Å². The van der Waals surface area contributed by atoms with E-state index in [1.807, 2.05) is 18.7 Å². The summed E-state index contributed by atoms with van der Waals surface area (Å²) in [7, 11) is 3.51. The molecule has 0 aromatic rings. The second kappa shape index (κ2) is 8.34. The fourth-order valence-electron chi connectivity index (χ4n) is 2.73. The number of nitrogens with one attached hydrogen (secondary N) is 2. The number of amides is 2. The van der Waals surface area contributed by atoms with Crippen LogP contribution in [0.4, 0.5) is 0 Å². The van der Waals surface area contributed by atoms with E-state index in [0.29, 0.717) is 13.1 Å². The van der Waals surface area contributed by atoms with Gasteiger partial charge in [0, 0.05) is 39.8 Å². The van der Waals surface area contributed by atoms with Crippen molar-refractivity contribution in [2.24, 2.45) is 0 Å². The Labute approximate surface area is 128 Å². The topological polar surface area (TPSA) is 64.7 Å². The summed E-state index contributed by atoms with van der Waals surface area (Å²) in [5.74, 6) is 0.0536. The largest absolute Gasteiger partial charge is 0.352 e. The fourth-order valence-corrected chi connectivity index (χ4v) is 2.73. The third-order valence-electron chi connectivity index (χ3n) is 4.00. The van der Waals surface area contributed by atoms with Crippen molar-refractivity contribution in [3.8, 4) is 0 Å². The summed E-state index contributed by atoms with van der Waals surface area (Å²) >= 11 is 0. The van der Waals surface area contributed by atoms with Gasteiger partial charge in [-0.05, 0) is 20.3 Å². The van der Waals surface area contributed by atoms with Gasteiger partial charge in [-0.1, -0.05) is 13.3 Å². The molecule has 1 fully saturated rings. The second-order valence-corrected chi connectivity index (χ2v) is 6.06. The van der Waals surface area contributed by atoms with Crippen molar-refractivity contribution >= 4 is 11.8 Å². The molecule has 0 aromatic heterocycles. The quantitative estimate of drug-likeness (QED) is 0.727. The zero-order valence-electron chi connectivity index (χ0n) is 14.0. The molecule has 1 saturated heterocycles. The Morgan fingerprint density at radius 3 is 2.62 bits per heavy atom. The Hall–Kier alpha value is -1.14. The molecular formula is C15H30N4O2. The van der Waals surface area contributed by atoms with Gasteiger partial charge >= 0.3 is 0 Å². The van der Waals surface area contributed by atoms with Crippen molar-refractivity contribution < 1.29 is 9.59 Å². The lowest BCUT2D eigenvalue weighted by molar-refractivity contribution is -0.138. The van der Waals surface area contributed by atoms with Crippen molar-refractivity contribution in [1.82, 2.24) is 20.4 Å². The zero-order valence-corrected chi connectivity index (χ0v) is 14.0. The summed E-state index contributed by atoms with van der Waals surface area (Å²) in [4.78, 5) is 28.2. The first-order valence-corrected chi connectivity index (χ1v) is 7.86. The van der Waals surface area contributed by atoms with Crippen molar-refractivity contribution in [2.75, 3.05) is 33.7 Å². The highest BCUT2D eigenvalue weighted by molar-refractivity contribution is 5.85. The van der Waals surface area contributed by atoms with Crippen LogP contribution >= 0.6 is 0 Å². The molecule has 0 aromatic carbocycles. The van der Waals surface area contributed by atoms with Crippen molar-refractivity contribution in [3.05, 3.63) is 0 Å². The van der Waals surface area contributed by atoms with Crippen LogP contribution in [0.1, 0.15) is 33.6 Å². The van der Waals surface area contributed by atoms with Gasteiger partial charge in [0.1, 0.15) is 6.04 Å². The monoisotopic (exact) mass is 298 g/mol. The summed E-state index contributed by atoms with van der Waals surface area (Å²) in [6, 6.07) is -0.382. The van der Waals surface area contributed by atoms with Gasteiger partial charge in [0.15, 0.2) is 0 Å². The molecular weight excluding hydrogens is 268 g/mol. The molecule has 21 heavy (non-hydrogen) atoms. The minimum Gasteiger partial charge on any atom is -0.352 e. The highest BCUT2D eigenvalue weighted by Crippen LogP contribution is 2.11. The van der Waals surface area contributed by atoms with Crippen LogP contribution in [0.2, 0.25) is 0 Å². The maximum absolute atomic E-state index is 12.4. The van der Waals surface area contributed by atoms with E-state index in [9.17, 15) is 9.59 Å². The molecule has 2 amide bonds. The number of carbonyl (C=O) groups is 2. The number of piperazine rings is 1. The lowest BCUT2D eigenvalue weighted by Gasteiger charge is -2.39.